The van der Waals surface area contributed by atoms with E-state index in [0.29, 0.717) is 17.8 Å². The Kier molecular flexibility index (Phi) is 6.93. The molecule has 0 aliphatic heterocycles. The fourth-order valence-electron chi connectivity index (χ4n) is 2.79. The van der Waals surface area contributed by atoms with Gasteiger partial charge in [-0.3, -0.25) is 14.4 Å². The van der Waals surface area contributed by atoms with Crippen LogP contribution < -0.4 is 16.0 Å². The average Bonchev–Trinajstić information content (AvgIpc) is 3.53. The van der Waals surface area contributed by atoms with Crippen molar-refractivity contribution in [2.45, 2.75) is 43.3 Å². The molecule has 2 aromatic carbocycles. The SMILES string of the molecule is CCC(Sc1cccc(NC(=O)C2CC2)c1)C(=O)Nc1ccc(NC(C)=O)cc1. The molecule has 29 heavy (non-hydrogen) atoms. The molecule has 1 unspecified atom stereocenters. The predicted molar refractivity (Wildman–Crippen MR) is 117 cm³/mol. The van der Waals surface area contributed by atoms with Crippen molar-refractivity contribution in [3.8, 4) is 0 Å². The van der Waals surface area contributed by atoms with Crippen LogP contribution in [0.2, 0.25) is 0 Å². The van der Waals surface area contributed by atoms with E-state index in [1.807, 2.05) is 31.2 Å². The van der Waals surface area contributed by atoms with E-state index in [1.54, 1.807) is 24.3 Å². The Hall–Kier alpha value is -2.80. The van der Waals surface area contributed by atoms with Crippen molar-refractivity contribution in [1.82, 2.24) is 0 Å². The molecule has 1 saturated carbocycles. The number of hydrogen-bond donors (Lipinski definition) is 3. The van der Waals surface area contributed by atoms with E-state index < -0.39 is 0 Å². The molecule has 2 aromatic rings. The van der Waals surface area contributed by atoms with Crippen molar-refractivity contribution >= 4 is 46.5 Å². The second-order valence-corrected chi connectivity index (χ2v) is 8.33. The molecule has 1 aliphatic rings. The summed E-state index contributed by atoms with van der Waals surface area (Å²) in [5, 5.41) is 8.29. The van der Waals surface area contributed by atoms with Crippen LogP contribution in [-0.2, 0) is 14.4 Å². The third kappa shape index (κ3) is 6.35. The summed E-state index contributed by atoms with van der Waals surface area (Å²) in [4.78, 5) is 36.7. The summed E-state index contributed by atoms with van der Waals surface area (Å²) in [5.41, 5.74) is 2.12. The van der Waals surface area contributed by atoms with E-state index in [4.69, 9.17) is 0 Å². The third-order valence-corrected chi connectivity index (χ3v) is 5.82. The normalized spacial score (nSPS) is 14.0. The van der Waals surface area contributed by atoms with Gasteiger partial charge in [0.15, 0.2) is 0 Å². The number of anilines is 3. The molecule has 152 valence electrons. The Labute approximate surface area is 174 Å². The molecule has 1 atom stereocenters. The number of amides is 3. The van der Waals surface area contributed by atoms with E-state index in [0.717, 1.165) is 23.4 Å². The molecular weight excluding hydrogens is 386 g/mol. The highest BCUT2D eigenvalue weighted by Gasteiger charge is 2.29. The summed E-state index contributed by atoms with van der Waals surface area (Å²) >= 11 is 1.47. The molecule has 0 heterocycles. The quantitative estimate of drug-likeness (QED) is 0.558. The molecule has 1 aliphatic carbocycles. The van der Waals surface area contributed by atoms with Gasteiger partial charge in [0, 0.05) is 34.8 Å². The first kappa shape index (κ1) is 20.9. The summed E-state index contributed by atoms with van der Waals surface area (Å²) in [6.07, 6.45) is 2.59. The lowest BCUT2D eigenvalue weighted by Gasteiger charge is -2.16. The van der Waals surface area contributed by atoms with E-state index >= 15 is 0 Å². The fraction of sp³-hybridized carbons (Fsp3) is 0.318. The van der Waals surface area contributed by atoms with E-state index in [9.17, 15) is 14.4 Å². The Morgan fingerprint density at radius 2 is 1.62 bits per heavy atom. The molecule has 0 spiro atoms. The lowest BCUT2D eigenvalue weighted by atomic mass is 10.2. The molecule has 0 saturated heterocycles. The monoisotopic (exact) mass is 411 g/mol. The highest BCUT2D eigenvalue weighted by molar-refractivity contribution is 8.00. The van der Waals surface area contributed by atoms with Crippen molar-refractivity contribution in [3.05, 3.63) is 48.5 Å². The summed E-state index contributed by atoms with van der Waals surface area (Å²) in [7, 11) is 0. The molecular formula is C22H25N3O3S. The minimum Gasteiger partial charge on any atom is -0.326 e. The van der Waals surface area contributed by atoms with Gasteiger partial charge in [-0.05, 0) is 61.7 Å². The zero-order chi connectivity index (χ0) is 20.8. The van der Waals surface area contributed by atoms with Gasteiger partial charge in [0.05, 0.1) is 5.25 Å². The standard InChI is InChI=1S/C22H25N3O3S/c1-3-20(22(28)24-17-11-9-16(10-12-17)23-14(2)26)29-19-6-4-5-18(13-19)25-21(27)15-7-8-15/h4-6,9-13,15,20H,3,7-8H2,1-2H3,(H,23,26)(H,24,28)(H,25,27). The van der Waals surface area contributed by atoms with Crippen LogP contribution in [0.4, 0.5) is 17.1 Å². The van der Waals surface area contributed by atoms with E-state index in [-0.39, 0.29) is 28.9 Å². The Morgan fingerprint density at radius 3 is 2.21 bits per heavy atom. The number of carbonyl (C=O) groups excluding carboxylic acids is 3. The first-order chi connectivity index (χ1) is 13.9. The smallest absolute Gasteiger partial charge is 0.237 e. The van der Waals surface area contributed by atoms with Gasteiger partial charge in [0.1, 0.15) is 0 Å². The minimum absolute atomic E-state index is 0.0691. The van der Waals surface area contributed by atoms with Gasteiger partial charge in [-0.2, -0.15) is 0 Å². The number of benzene rings is 2. The van der Waals surface area contributed by atoms with Crippen LogP contribution in [0, 0.1) is 5.92 Å². The van der Waals surface area contributed by atoms with Gasteiger partial charge >= 0.3 is 0 Å². The second kappa shape index (κ2) is 9.60. The number of rotatable bonds is 8. The highest BCUT2D eigenvalue weighted by Crippen LogP contribution is 2.32. The van der Waals surface area contributed by atoms with Gasteiger partial charge < -0.3 is 16.0 Å². The van der Waals surface area contributed by atoms with Crippen molar-refractivity contribution in [3.63, 3.8) is 0 Å². The van der Waals surface area contributed by atoms with E-state index in [2.05, 4.69) is 16.0 Å². The first-order valence-electron chi connectivity index (χ1n) is 9.70. The lowest BCUT2D eigenvalue weighted by molar-refractivity contribution is -0.117. The molecule has 3 N–H and O–H groups in total. The van der Waals surface area contributed by atoms with E-state index in [1.165, 1.54) is 18.7 Å². The van der Waals surface area contributed by atoms with Crippen LogP contribution in [0.25, 0.3) is 0 Å². The van der Waals surface area contributed by atoms with Gasteiger partial charge in [0.25, 0.3) is 0 Å². The van der Waals surface area contributed by atoms with Crippen molar-refractivity contribution < 1.29 is 14.4 Å². The third-order valence-electron chi connectivity index (χ3n) is 4.46. The zero-order valence-corrected chi connectivity index (χ0v) is 17.3. The molecule has 6 nitrogen and oxygen atoms in total. The van der Waals surface area contributed by atoms with Crippen molar-refractivity contribution in [2.24, 2.45) is 5.92 Å². The van der Waals surface area contributed by atoms with Crippen LogP contribution in [0.5, 0.6) is 0 Å². The van der Waals surface area contributed by atoms with Gasteiger partial charge in [0.2, 0.25) is 17.7 Å². The maximum Gasteiger partial charge on any atom is 0.237 e. The Morgan fingerprint density at radius 1 is 0.966 bits per heavy atom. The molecule has 0 radical (unpaired) electrons. The number of thioether (sulfide) groups is 1. The molecule has 0 bridgehead atoms. The average molecular weight is 412 g/mol. The summed E-state index contributed by atoms with van der Waals surface area (Å²) < 4.78 is 0. The molecule has 7 heteroatoms. The van der Waals surface area contributed by atoms with Crippen LogP contribution in [0.3, 0.4) is 0 Å². The Bertz CT molecular complexity index is 894. The van der Waals surface area contributed by atoms with Crippen molar-refractivity contribution in [2.75, 3.05) is 16.0 Å². The number of nitrogens with one attached hydrogen (secondary N) is 3. The zero-order valence-electron chi connectivity index (χ0n) is 16.5. The second-order valence-electron chi connectivity index (χ2n) is 7.05. The van der Waals surface area contributed by atoms with Gasteiger partial charge in [-0.25, -0.2) is 0 Å². The van der Waals surface area contributed by atoms with Crippen LogP contribution in [-0.4, -0.2) is 23.0 Å². The fourth-order valence-corrected chi connectivity index (χ4v) is 3.80. The topological polar surface area (TPSA) is 87.3 Å². The molecule has 1 fully saturated rings. The van der Waals surface area contributed by atoms with Crippen LogP contribution in [0.1, 0.15) is 33.1 Å². The highest BCUT2D eigenvalue weighted by atomic mass is 32.2. The summed E-state index contributed by atoms with van der Waals surface area (Å²) in [6.45, 7) is 3.42. The van der Waals surface area contributed by atoms with Crippen molar-refractivity contribution in [1.29, 1.82) is 0 Å². The van der Waals surface area contributed by atoms with Crippen LogP contribution >= 0.6 is 11.8 Å². The van der Waals surface area contributed by atoms with Gasteiger partial charge in [-0.15, -0.1) is 11.8 Å². The minimum atomic E-state index is -0.264. The lowest BCUT2D eigenvalue weighted by Crippen LogP contribution is -2.24. The molecule has 3 amide bonds. The summed E-state index contributed by atoms with van der Waals surface area (Å²) in [5.74, 6) is -0.00543. The maximum absolute atomic E-state index is 12.7. The maximum atomic E-state index is 12.7. The molecule has 3 rings (SSSR count). The Balaban J connectivity index is 1.59. The largest absolute Gasteiger partial charge is 0.326 e. The van der Waals surface area contributed by atoms with Crippen LogP contribution in [0.15, 0.2) is 53.4 Å². The van der Waals surface area contributed by atoms with Gasteiger partial charge in [-0.1, -0.05) is 13.0 Å². The predicted octanol–water partition coefficient (Wildman–Crippen LogP) is 4.50. The molecule has 0 aromatic heterocycles. The first-order valence-corrected chi connectivity index (χ1v) is 10.6. The summed E-state index contributed by atoms with van der Waals surface area (Å²) in [6, 6.07) is 14.6. The number of carbonyl (C=O) groups is 3. The number of hydrogen-bond acceptors (Lipinski definition) is 4.